The molecule has 0 radical (unpaired) electrons. The van der Waals surface area contributed by atoms with Gasteiger partial charge in [0.2, 0.25) is 6.23 Å². The number of aliphatic imine (C=N–C) groups is 1. The number of amidine groups is 1. The molecular formula is C15H13N3O5S. The van der Waals surface area contributed by atoms with Crippen LogP contribution in [-0.4, -0.2) is 38.5 Å². The molecule has 124 valence electrons. The highest BCUT2D eigenvalue weighted by molar-refractivity contribution is 7.99. The average molecular weight is 347 g/mol. The Bertz CT molecular complexity index is 747. The molecule has 3 rings (SSSR count). The highest BCUT2D eigenvalue weighted by atomic mass is 32.2. The van der Waals surface area contributed by atoms with Crippen molar-refractivity contribution in [2.75, 3.05) is 0 Å². The number of carboxylic acid groups (broad SMARTS) is 1. The van der Waals surface area contributed by atoms with Gasteiger partial charge in [-0.05, 0) is 18.2 Å². The standard InChI is InChI=1S/C15H13N3O5S/c19-15(20)23-13-8-14(24-11-4-2-1-3-5-11)17-9-10(18(21)22)6-7-12(17)16-13/h1-7,9,13-14H,8H2,(H,19,20). The van der Waals surface area contributed by atoms with Gasteiger partial charge in [0.1, 0.15) is 5.84 Å². The summed E-state index contributed by atoms with van der Waals surface area (Å²) in [7, 11) is 0. The summed E-state index contributed by atoms with van der Waals surface area (Å²) in [6.45, 7) is 0. The monoisotopic (exact) mass is 347 g/mol. The molecule has 0 aromatic heterocycles. The van der Waals surface area contributed by atoms with E-state index in [-0.39, 0.29) is 17.5 Å². The van der Waals surface area contributed by atoms with Crippen LogP contribution >= 0.6 is 11.8 Å². The molecule has 2 atom stereocenters. The number of thioether (sulfide) groups is 1. The van der Waals surface area contributed by atoms with Gasteiger partial charge in [0.15, 0.2) is 0 Å². The van der Waals surface area contributed by atoms with E-state index in [1.807, 2.05) is 30.3 Å². The number of fused-ring (bicyclic) bond motifs is 1. The molecule has 24 heavy (non-hydrogen) atoms. The Hall–Kier alpha value is -2.81. The van der Waals surface area contributed by atoms with E-state index in [0.29, 0.717) is 5.84 Å². The van der Waals surface area contributed by atoms with Crippen molar-refractivity contribution in [1.82, 2.24) is 4.90 Å². The minimum Gasteiger partial charge on any atom is -0.450 e. The number of hydrogen-bond donors (Lipinski definition) is 1. The van der Waals surface area contributed by atoms with Crippen molar-refractivity contribution in [3.8, 4) is 0 Å². The quantitative estimate of drug-likeness (QED) is 0.507. The van der Waals surface area contributed by atoms with Gasteiger partial charge in [0, 0.05) is 17.4 Å². The smallest absolute Gasteiger partial charge is 0.450 e. The molecule has 1 aromatic rings. The van der Waals surface area contributed by atoms with Crippen LogP contribution in [0.15, 0.2) is 64.3 Å². The van der Waals surface area contributed by atoms with Gasteiger partial charge in [-0.25, -0.2) is 9.79 Å². The third kappa shape index (κ3) is 3.57. The van der Waals surface area contributed by atoms with Crippen molar-refractivity contribution in [2.24, 2.45) is 4.99 Å². The molecule has 0 saturated carbocycles. The number of hydrogen-bond acceptors (Lipinski definition) is 7. The van der Waals surface area contributed by atoms with Crippen molar-refractivity contribution in [3.63, 3.8) is 0 Å². The number of ether oxygens (including phenoxy) is 1. The Morgan fingerprint density at radius 3 is 2.79 bits per heavy atom. The molecular weight excluding hydrogens is 334 g/mol. The first-order valence-electron chi connectivity index (χ1n) is 7.04. The van der Waals surface area contributed by atoms with Crippen LogP contribution in [0.5, 0.6) is 0 Å². The van der Waals surface area contributed by atoms with Gasteiger partial charge in [-0.2, -0.15) is 0 Å². The predicted molar refractivity (Wildman–Crippen MR) is 87.1 cm³/mol. The second-order valence-corrected chi connectivity index (χ2v) is 6.25. The van der Waals surface area contributed by atoms with E-state index in [1.165, 1.54) is 30.1 Å². The van der Waals surface area contributed by atoms with Gasteiger partial charge < -0.3 is 14.7 Å². The second kappa shape index (κ2) is 6.75. The summed E-state index contributed by atoms with van der Waals surface area (Å²) in [6.07, 6.45) is 2.28. The maximum atomic E-state index is 11.0. The summed E-state index contributed by atoms with van der Waals surface area (Å²) in [5.74, 6) is 0.437. The number of carbonyl (C=O) groups is 1. The Labute approximate surface area is 141 Å². The minimum atomic E-state index is -1.40. The van der Waals surface area contributed by atoms with Crippen LogP contribution in [0, 0.1) is 10.1 Å². The zero-order valence-electron chi connectivity index (χ0n) is 12.3. The van der Waals surface area contributed by atoms with Gasteiger partial charge in [0.05, 0.1) is 16.5 Å². The molecule has 2 unspecified atom stereocenters. The Balaban J connectivity index is 1.89. The van der Waals surface area contributed by atoms with Crippen molar-refractivity contribution in [1.29, 1.82) is 0 Å². The summed E-state index contributed by atoms with van der Waals surface area (Å²) >= 11 is 1.47. The summed E-state index contributed by atoms with van der Waals surface area (Å²) < 4.78 is 4.78. The summed E-state index contributed by atoms with van der Waals surface area (Å²) in [5, 5.41) is 19.6. The molecule has 0 bridgehead atoms. The van der Waals surface area contributed by atoms with Crippen LogP contribution in [0.1, 0.15) is 6.42 Å². The van der Waals surface area contributed by atoms with Crippen molar-refractivity contribution < 1.29 is 19.6 Å². The zero-order chi connectivity index (χ0) is 17.1. The topological polar surface area (TPSA) is 105 Å². The van der Waals surface area contributed by atoms with Crippen LogP contribution in [-0.2, 0) is 4.74 Å². The fraction of sp³-hybridized carbons (Fsp3) is 0.200. The molecule has 0 amide bonds. The molecule has 2 aliphatic heterocycles. The lowest BCUT2D eigenvalue weighted by atomic mass is 10.2. The molecule has 1 N–H and O–H groups in total. The summed E-state index contributed by atoms with van der Waals surface area (Å²) in [4.78, 5) is 28.2. The predicted octanol–water partition coefficient (Wildman–Crippen LogP) is 2.92. The first kappa shape index (κ1) is 16.1. The van der Waals surface area contributed by atoms with Crippen LogP contribution in [0.3, 0.4) is 0 Å². The molecule has 0 saturated heterocycles. The lowest BCUT2D eigenvalue weighted by Gasteiger charge is -2.36. The van der Waals surface area contributed by atoms with Crippen LogP contribution < -0.4 is 0 Å². The molecule has 8 nitrogen and oxygen atoms in total. The summed E-state index contributed by atoms with van der Waals surface area (Å²) in [6, 6.07) is 9.50. The molecule has 0 fully saturated rings. The van der Waals surface area contributed by atoms with E-state index in [1.54, 1.807) is 4.90 Å². The average Bonchev–Trinajstić information content (AvgIpc) is 2.54. The van der Waals surface area contributed by atoms with Crippen molar-refractivity contribution >= 4 is 23.8 Å². The Morgan fingerprint density at radius 2 is 2.12 bits per heavy atom. The maximum Gasteiger partial charge on any atom is 0.507 e. The van der Waals surface area contributed by atoms with Gasteiger partial charge >= 0.3 is 6.16 Å². The minimum absolute atomic E-state index is 0.0507. The van der Waals surface area contributed by atoms with E-state index in [0.717, 1.165) is 4.90 Å². The summed E-state index contributed by atoms with van der Waals surface area (Å²) in [5.41, 5.74) is -0.0507. The lowest BCUT2D eigenvalue weighted by Crippen LogP contribution is -2.43. The normalized spacial score (nSPS) is 22.2. The molecule has 1 aromatic carbocycles. The largest absolute Gasteiger partial charge is 0.507 e. The molecule has 9 heteroatoms. The molecule has 0 aliphatic carbocycles. The van der Waals surface area contributed by atoms with Gasteiger partial charge in [0.25, 0.3) is 5.70 Å². The number of allylic oxidation sites excluding steroid dienone is 1. The first-order chi connectivity index (χ1) is 11.5. The third-order valence-electron chi connectivity index (χ3n) is 3.39. The van der Waals surface area contributed by atoms with E-state index in [2.05, 4.69) is 4.99 Å². The third-order valence-corrected chi connectivity index (χ3v) is 4.63. The Morgan fingerprint density at radius 1 is 1.38 bits per heavy atom. The number of rotatable bonds is 4. The lowest BCUT2D eigenvalue weighted by molar-refractivity contribution is -0.420. The van der Waals surface area contributed by atoms with Crippen LogP contribution in [0.2, 0.25) is 0 Å². The van der Waals surface area contributed by atoms with Crippen molar-refractivity contribution in [2.45, 2.75) is 22.9 Å². The molecule has 2 heterocycles. The van der Waals surface area contributed by atoms with E-state index in [4.69, 9.17) is 9.84 Å². The van der Waals surface area contributed by atoms with Gasteiger partial charge in [-0.3, -0.25) is 10.1 Å². The second-order valence-electron chi connectivity index (χ2n) is 5.00. The van der Waals surface area contributed by atoms with Gasteiger partial charge in [-0.1, -0.05) is 18.2 Å². The maximum absolute atomic E-state index is 11.0. The Kier molecular flexibility index (Phi) is 4.52. The van der Waals surface area contributed by atoms with Crippen LogP contribution in [0.25, 0.3) is 0 Å². The fourth-order valence-corrected chi connectivity index (χ4v) is 3.56. The first-order valence-corrected chi connectivity index (χ1v) is 7.92. The molecule has 0 spiro atoms. The van der Waals surface area contributed by atoms with Crippen molar-refractivity contribution in [3.05, 3.63) is 64.5 Å². The van der Waals surface area contributed by atoms with E-state index >= 15 is 0 Å². The number of benzene rings is 1. The van der Waals surface area contributed by atoms with Crippen LogP contribution in [0.4, 0.5) is 4.79 Å². The fourth-order valence-electron chi connectivity index (χ4n) is 2.38. The van der Waals surface area contributed by atoms with E-state index < -0.39 is 17.3 Å². The zero-order valence-corrected chi connectivity index (χ0v) is 13.1. The number of nitro groups is 1. The SMILES string of the molecule is O=C(O)OC1CC(Sc2ccccc2)N2C=C([N+](=O)[O-])C=CC2=N1. The van der Waals surface area contributed by atoms with Gasteiger partial charge in [-0.15, -0.1) is 11.8 Å². The molecule has 2 aliphatic rings. The van der Waals surface area contributed by atoms with E-state index in [9.17, 15) is 14.9 Å². The highest BCUT2D eigenvalue weighted by Crippen LogP contribution is 2.34. The number of nitrogens with zero attached hydrogens (tertiary/aromatic N) is 3. The highest BCUT2D eigenvalue weighted by Gasteiger charge is 2.34.